The minimum absolute atomic E-state index is 0.00709. The molecule has 0 unspecified atom stereocenters. The molecule has 0 amide bonds. The molecule has 0 radical (unpaired) electrons. The molecule has 1 aliphatic carbocycles. The molecule has 4 fully saturated rings. The smallest absolute Gasteiger partial charge is 0.266 e. The van der Waals surface area contributed by atoms with E-state index in [-0.39, 0.29) is 23.0 Å². The van der Waals surface area contributed by atoms with Crippen molar-refractivity contribution in [2.75, 3.05) is 47.5 Å². The van der Waals surface area contributed by atoms with Crippen LogP contribution in [0.4, 0.5) is 11.9 Å². The summed E-state index contributed by atoms with van der Waals surface area (Å²) in [5, 5.41) is 14.0. The third-order valence-corrected chi connectivity index (χ3v) is 10.2. The van der Waals surface area contributed by atoms with Gasteiger partial charge in [-0.2, -0.15) is 4.98 Å². The summed E-state index contributed by atoms with van der Waals surface area (Å²) in [6.45, 7) is 4.78. The minimum atomic E-state index is -2.93. The zero-order chi connectivity index (χ0) is 24.2. The number of hydrogen-bond donors (Lipinski definition) is 0. The molecule has 3 saturated heterocycles. The van der Waals surface area contributed by atoms with E-state index in [0.29, 0.717) is 30.0 Å². The average molecular weight is 529 g/mol. The van der Waals surface area contributed by atoms with Crippen LogP contribution in [0, 0.1) is 5.41 Å². The minimum Gasteiger partial charge on any atom is -0.339 e. The number of benzene rings is 1. The van der Waals surface area contributed by atoms with Gasteiger partial charge in [0, 0.05) is 55.1 Å². The summed E-state index contributed by atoms with van der Waals surface area (Å²) in [4.78, 5) is 11.2. The molecular formula is C23H25ClN8O3S. The quantitative estimate of drug-likeness (QED) is 0.495. The van der Waals surface area contributed by atoms with Gasteiger partial charge in [-0.05, 0) is 41.8 Å². The van der Waals surface area contributed by atoms with Gasteiger partial charge in [-0.3, -0.25) is 9.47 Å². The van der Waals surface area contributed by atoms with Gasteiger partial charge < -0.3 is 14.3 Å². The monoisotopic (exact) mass is 528 g/mol. The first-order valence-electron chi connectivity index (χ1n) is 12.4. The number of fused-ring (bicyclic) bond motifs is 3. The van der Waals surface area contributed by atoms with Crippen molar-refractivity contribution in [3.05, 3.63) is 40.5 Å². The fourth-order valence-corrected chi connectivity index (χ4v) is 7.78. The van der Waals surface area contributed by atoms with Gasteiger partial charge in [0.05, 0.1) is 23.7 Å². The summed E-state index contributed by atoms with van der Waals surface area (Å²) in [5.74, 6) is 3.99. The Kier molecular flexibility index (Phi) is 4.28. The van der Waals surface area contributed by atoms with Crippen molar-refractivity contribution in [1.82, 2.24) is 29.8 Å². The van der Waals surface area contributed by atoms with Crippen molar-refractivity contribution in [3.63, 3.8) is 0 Å². The topological polar surface area (TPSA) is 113 Å². The second-order valence-corrected chi connectivity index (χ2v) is 13.7. The van der Waals surface area contributed by atoms with Gasteiger partial charge in [-0.15, -0.1) is 10.2 Å². The average Bonchev–Trinajstić information content (AvgIpc) is 3.41. The predicted octanol–water partition coefficient (Wildman–Crippen LogP) is 1.62. The van der Waals surface area contributed by atoms with Crippen molar-refractivity contribution in [3.8, 4) is 5.69 Å². The molecule has 4 aliphatic heterocycles. The van der Waals surface area contributed by atoms with Crippen LogP contribution < -0.4 is 9.80 Å². The van der Waals surface area contributed by atoms with E-state index in [2.05, 4.69) is 39.6 Å². The number of sulfone groups is 1. The highest BCUT2D eigenvalue weighted by atomic mass is 35.5. The molecule has 13 heteroatoms. The van der Waals surface area contributed by atoms with Crippen LogP contribution in [-0.2, 0) is 22.9 Å². The van der Waals surface area contributed by atoms with Gasteiger partial charge in [0.25, 0.3) is 5.95 Å². The Bertz CT molecular complexity index is 1470. The van der Waals surface area contributed by atoms with Gasteiger partial charge in [0.1, 0.15) is 0 Å². The van der Waals surface area contributed by atoms with Gasteiger partial charge in [-0.1, -0.05) is 11.6 Å². The first-order valence-corrected chi connectivity index (χ1v) is 14.6. The number of aromatic nitrogens is 5. The standard InChI is InChI=1S/C23H25ClN8O3S/c24-16-3-4-18-15(5-16)6-29(17-8-36(33,34)9-17)7-19-26-27-22(32(18)19)31-12-23(13-31)10-30(11-23)21-25-20(35-28-21)14-1-2-14/h3-5,14,17H,1-2,6-13H2. The van der Waals surface area contributed by atoms with Gasteiger partial charge in [-0.25, -0.2) is 8.42 Å². The van der Waals surface area contributed by atoms with E-state index < -0.39 is 9.84 Å². The number of halogens is 1. The van der Waals surface area contributed by atoms with E-state index in [9.17, 15) is 8.42 Å². The second kappa shape index (κ2) is 7.20. The van der Waals surface area contributed by atoms with Crippen molar-refractivity contribution in [1.29, 1.82) is 0 Å². The molecule has 36 heavy (non-hydrogen) atoms. The molecule has 11 nitrogen and oxygen atoms in total. The highest BCUT2D eigenvalue weighted by Crippen LogP contribution is 2.45. The Morgan fingerprint density at radius 3 is 2.56 bits per heavy atom. The third-order valence-electron chi connectivity index (χ3n) is 8.15. The van der Waals surface area contributed by atoms with E-state index in [1.165, 1.54) is 0 Å². The predicted molar refractivity (Wildman–Crippen MR) is 131 cm³/mol. The molecule has 8 rings (SSSR count). The molecule has 5 aliphatic rings. The lowest BCUT2D eigenvalue weighted by atomic mass is 9.73. The van der Waals surface area contributed by atoms with Crippen LogP contribution in [0.5, 0.6) is 0 Å². The summed E-state index contributed by atoms with van der Waals surface area (Å²) in [7, 11) is -2.93. The Morgan fingerprint density at radius 1 is 1.03 bits per heavy atom. The van der Waals surface area contributed by atoms with Crippen LogP contribution in [-0.4, -0.2) is 81.9 Å². The number of rotatable bonds is 4. The molecule has 1 saturated carbocycles. The van der Waals surface area contributed by atoms with Crippen LogP contribution in [0.2, 0.25) is 5.02 Å². The molecule has 2 aromatic heterocycles. The Labute approximate surface area is 212 Å². The largest absolute Gasteiger partial charge is 0.339 e. The molecular weight excluding hydrogens is 504 g/mol. The van der Waals surface area contributed by atoms with Crippen molar-refractivity contribution < 1.29 is 12.9 Å². The highest BCUT2D eigenvalue weighted by Gasteiger charge is 2.54. The molecule has 0 bridgehead atoms. The van der Waals surface area contributed by atoms with Crippen LogP contribution in [0.1, 0.15) is 36.0 Å². The summed E-state index contributed by atoms with van der Waals surface area (Å²) in [6.07, 6.45) is 2.30. The SMILES string of the molecule is O=S1(=O)CC(N2Cc3cc(Cl)ccc3-n3c(nnc3N3CC4(CN(c5noc(C6CC6)n5)C4)C3)C2)C1. The maximum Gasteiger partial charge on any atom is 0.266 e. The lowest BCUT2D eigenvalue weighted by molar-refractivity contribution is 0.151. The molecule has 1 spiro atoms. The first-order chi connectivity index (χ1) is 17.3. The van der Waals surface area contributed by atoms with E-state index >= 15 is 0 Å². The zero-order valence-electron chi connectivity index (χ0n) is 19.5. The molecule has 1 aromatic carbocycles. The lowest BCUT2D eigenvalue weighted by Gasteiger charge is -2.59. The van der Waals surface area contributed by atoms with Crippen LogP contribution in [0.15, 0.2) is 22.7 Å². The molecule has 6 heterocycles. The lowest BCUT2D eigenvalue weighted by Crippen LogP contribution is -2.73. The van der Waals surface area contributed by atoms with E-state index in [4.69, 9.17) is 16.1 Å². The normalized spacial score (nSPS) is 24.5. The Hall–Kier alpha value is -2.70. The second-order valence-electron chi connectivity index (χ2n) is 11.1. The number of anilines is 2. The molecule has 3 aromatic rings. The maximum absolute atomic E-state index is 11.8. The van der Waals surface area contributed by atoms with Crippen LogP contribution in [0.3, 0.4) is 0 Å². The van der Waals surface area contributed by atoms with E-state index in [1.807, 2.05) is 18.2 Å². The van der Waals surface area contributed by atoms with Crippen molar-refractivity contribution in [2.45, 2.75) is 37.9 Å². The van der Waals surface area contributed by atoms with Crippen LogP contribution in [0.25, 0.3) is 5.69 Å². The van der Waals surface area contributed by atoms with Crippen molar-refractivity contribution >= 4 is 33.3 Å². The highest BCUT2D eigenvalue weighted by molar-refractivity contribution is 7.92. The summed E-state index contributed by atoms with van der Waals surface area (Å²) in [6, 6.07) is 5.87. The Morgan fingerprint density at radius 2 is 1.81 bits per heavy atom. The van der Waals surface area contributed by atoms with Crippen molar-refractivity contribution in [2.24, 2.45) is 5.41 Å². The van der Waals surface area contributed by atoms with Crippen LogP contribution >= 0.6 is 11.6 Å². The first kappa shape index (κ1) is 21.4. The zero-order valence-corrected chi connectivity index (χ0v) is 21.1. The fourth-order valence-electron chi connectivity index (χ4n) is 6.08. The summed E-state index contributed by atoms with van der Waals surface area (Å²) in [5.41, 5.74) is 2.27. The molecule has 0 N–H and O–H groups in total. The number of hydrogen-bond acceptors (Lipinski definition) is 10. The number of nitrogens with zero attached hydrogens (tertiary/aromatic N) is 8. The maximum atomic E-state index is 11.8. The third kappa shape index (κ3) is 3.30. The molecule has 0 atom stereocenters. The Balaban J connectivity index is 1.03. The fraction of sp³-hybridized carbons (Fsp3) is 0.565. The van der Waals surface area contributed by atoms with Gasteiger partial charge in [0.15, 0.2) is 15.7 Å². The molecule has 188 valence electrons. The van der Waals surface area contributed by atoms with Gasteiger partial charge >= 0.3 is 0 Å². The summed E-state index contributed by atoms with van der Waals surface area (Å²) < 4.78 is 31.3. The van der Waals surface area contributed by atoms with E-state index in [1.54, 1.807) is 0 Å². The van der Waals surface area contributed by atoms with Gasteiger partial charge in [0.2, 0.25) is 11.8 Å². The summed E-state index contributed by atoms with van der Waals surface area (Å²) >= 11 is 6.36. The van der Waals surface area contributed by atoms with E-state index in [0.717, 1.165) is 67.9 Å².